The molecule has 0 aliphatic rings. The van der Waals surface area contributed by atoms with E-state index in [9.17, 15) is 17.6 Å². The standard InChI is InChI=1S/C13H18BrFN2O3S/c1-3-17(21(2,19)20)8-4-7-16-13(18)11-6-5-10(15)9-12(11)14/h5-6,9H,3-4,7-8H2,1-2H3,(H,16,18). The van der Waals surface area contributed by atoms with Gasteiger partial charge in [-0.05, 0) is 40.5 Å². The van der Waals surface area contributed by atoms with Crippen LogP contribution in [0.2, 0.25) is 0 Å². The molecule has 1 rings (SSSR count). The van der Waals surface area contributed by atoms with Crippen molar-refractivity contribution in [2.45, 2.75) is 13.3 Å². The minimum atomic E-state index is -3.21. The predicted octanol–water partition coefficient (Wildman–Crippen LogP) is 1.99. The minimum Gasteiger partial charge on any atom is -0.352 e. The lowest BCUT2D eigenvalue weighted by molar-refractivity contribution is 0.0952. The van der Waals surface area contributed by atoms with E-state index in [0.29, 0.717) is 36.1 Å². The van der Waals surface area contributed by atoms with Crippen molar-refractivity contribution >= 4 is 31.9 Å². The fourth-order valence-corrected chi connectivity index (χ4v) is 3.25. The molecule has 118 valence electrons. The van der Waals surface area contributed by atoms with Crippen molar-refractivity contribution in [3.63, 3.8) is 0 Å². The van der Waals surface area contributed by atoms with Crippen LogP contribution in [0.3, 0.4) is 0 Å². The Morgan fingerprint density at radius 1 is 1.43 bits per heavy atom. The van der Waals surface area contributed by atoms with Gasteiger partial charge in [0.25, 0.3) is 5.91 Å². The summed E-state index contributed by atoms with van der Waals surface area (Å²) in [5.74, 6) is -0.755. The van der Waals surface area contributed by atoms with E-state index in [1.165, 1.54) is 22.5 Å². The molecule has 0 saturated carbocycles. The number of halogens is 2. The maximum atomic E-state index is 12.9. The third-order valence-corrected chi connectivity index (χ3v) is 4.90. The number of nitrogens with zero attached hydrogens (tertiary/aromatic N) is 1. The van der Waals surface area contributed by atoms with E-state index >= 15 is 0 Å². The molecule has 5 nitrogen and oxygen atoms in total. The topological polar surface area (TPSA) is 66.5 Å². The molecule has 0 fully saturated rings. The zero-order chi connectivity index (χ0) is 16.0. The fourth-order valence-electron chi connectivity index (χ4n) is 1.78. The molecule has 0 unspecified atom stereocenters. The lowest BCUT2D eigenvalue weighted by Gasteiger charge is -2.17. The Hall–Kier alpha value is -0.990. The van der Waals surface area contributed by atoms with Gasteiger partial charge in [-0.15, -0.1) is 0 Å². The van der Waals surface area contributed by atoms with Gasteiger partial charge in [0, 0.05) is 24.1 Å². The molecule has 0 heterocycles. The first-order chi connectivity index (χ1) is 9.75. The van der Waals surface area contributed by atoms with E-state index in [2.05, 4.69) is 21.2 Å². The molecule has 1 aromatic rings. The largest absolute Gasteiger partial charge is 0.352 e. The molecule has 0 saturated heterocycles. The fraction of sp³-hybridized carbons (Fsp3) is 0.462. The van der Waals surface area contributed by atoms with Crippen LogP contribution in [0.4, 0.5) is 4.39 Å². The number of amides is 1. The zero-order valence-corrected chi connectivity index (χ0v) is 14.3. The van der Waals surface area contributed by atoms with Gasteiger partial charge in [0.1, 0.15) is 5.82 Å². The first kappa shape index (κ1) is 18.1. The molecule has 0 aliphatic heterocycles. The van der Waals surface area contributed by atoms with Crippen molar-refractivity contribution in [2.75, 3.05) is 25.9 Å². The number of hydrogen-bond acceptors (Lipinski definition) is 3. The Morgan fingerprint density at radius 3 is 2.62 bits per heavy atom. The second-order valence-electron chi connectivity index (χ2n) is 4.49. The molecule has 0 atom stereocenters. The lowest BCUT2D eigenvalue weighted by Crippen LogP contribution is -2.33. The second-order valence-corrected chi connectivity index (χ2v) is 7.33. The number of nitrogens with one attached hydrogen (secondary N) is 1. The number of rotatable bonds is 7. The molecule has 21 heavy (non-hydrogen) atoms. The van der Waals surface area contributed by atoms with Gasteiger partial charge in [0.15, 0.2) is 0 Å². The molecule has 0 aliphatic carbocycles. The Kier molecular flexibility index (Phi) is 6.76. The molecule has 0 radical (unpaired) electrons. The second kappa shape index (κ2) is 7.86. The van der Waals surface area contributed by atoms with Crippen molar-refractivity contribution in [1.29, 1.82) is 0 Å². The maximum absolute atomic E-state index is 12.9. The predicted molar refractivity (Wildman–Crippen MR) is 83.1 cm³/mol. The van der Waals surface area contributed by atoms with Crippen LogP contribution in [0, 0.1) is 5.82 Å². The summed E-state index contributed by atoms with van der Waals surface area (Å²) in [4.78, 5) is 11.9. The number of hydrogen-bond donors (Lipinski definition) is 1. The third kappa shape index (κ3) is 5.72. The highest BCUT2D eigenvalue weighted by molar-refractivity contribution is 9.10. The minimum absolute atomic E-state index is 0.329. The Balaban J connectivity index is 2.47. The average Bonchev–Trinajstić information content (AvgIpc) is 2.36. The highest BCUT2D eigenvalue weighted by atomic mass is 79.9. The van der Waals surface area contributed by atoms with Gasteiger partial charge < -0.3 is 5.32 Å². The summed E-state index contributed by atoms with van der Waals surface area (Å²) >= 11 is 3.13. The van der Waals surface area contributed by atoms with Crippen LogP contribution in [0.5, 0.6) is 0 Å². The molecule has 1 N–H and O–H groups in total. The molecule has 0 aromatic heterocycles. The van der Waals surface area contributed by atoms with Gasteiger partial charge >= 0.3 is 0 Å². The first-order valence-corrected chi connectivity index (χ1v) is 9.08. The Labute approximate surface area is 132 Å². The van der Waals surface area contributed by atoms with Gasteiger partial charge in [-0.3, -0.25) is 4.79 Å². The molecular formula is C13H18BrFN2O3S. The van der Waals surface area contributed by atoms with E-state index < -0.39 is 15.8 Å². The number of benzene rings is 1. The van der Waals surface area contributed by atoms with Crippen LogP contribution in [0.1, 0.15) is 23.7 Å². The summed E-state index contributed by atoms with van der Waals surface area (Å²) in [6.07, 6.45) is 1.66. The third-order valence-electron chi connectivity index (χ3n) is 2.87. The summed E-state index contributed by atoms with van der Waals surface area (Å²) in [6.45, 7) is 2.85. The number of carbonyl (C=O) groups excluding carboxylic acids is 1. The zero-order valence-electron chi connectivity index (χ0n) is 11.9. The Bertz CT molecular complexity index is 607. The van der Waals surface area contributed by atoms with E-state index in [1.54, 1.807) is 6.92 Å². The first-order valence-electron chi connectivity index (χ1n) is 6.44. The normalized spacial score (nSPS) is 11.7. The van der Waals surface area contributed by atoms with Crippen LogP contribution in [-0.2, 0) is 10.0 Å². The molecular weight excluding hydrogens is 363 g/mol. The summed E-state index contributed by atoms with van der Waals surface area (Å²) in [5, 5.41) is 2.68. The van der Waals surface area contributed by atoms with Crippen molar-refractivity contribution in [3.8, 4) is 0 Å². The van der Waals surface area contributed by atoms with Crippen LogP contribution >= 0.6 is 15.9 Å². The van der Waals surface area contributed by atoms with Gasteiger partial charge in [0.05, 0.1) is 11.8 Å². The van der Waals surface area contributed by atoms with Gasteiger partial charge in [-0.25, -0.2) is 17.1 Å². The summed E-state index contributed by atoms with van der Waals surface area (Å²) < 4.78 is 37.4. The van der Waals surface area contributed by atoms with Crippen LogP contribution in [0.25, 0.3) is 0 Å². The van der Waals surface area contributed by atoms with Crippen molar-refractivity contribution < 1.29 is 17.6 Å². The van der Waals surface area contributed by atoms with E-state index in [-0.39, 0.29) is 5.91 Å². The molecule has 8 heteroatoms. The lowest BCUT2D eigenvalue weighted by atomic mass is 10.2. The smallest absolute Gasteiger partial charge is 0.252 e. The van der Waals surface area contributed by atoms with Crippen molar-refractivity contribution in [3.05, 3.63) is 34.1 Å². The van der Waals surface area contributed by atoms with Gasteiger partial charge in [-0.1, -0.05) is 6.92 Å². The van der Waals surface area contributed by atoms with E-state index in [4.69, 9.17) is 0 Å². The van der Waals surface area contributed by atoms with E-state index in [1.807, 2.05) is 0 Å². The Morgan fingerprint density at radius 2 is 2.10 bits per heavy atom. The summed E-state index contributed by atoms with van der Waals surface area (Å²) in [6, 6.07) is 3.82. The summed E-state index contributed by atoms with van der Waals surface area (Å²) in [7, 11) is -3.21. The van der Waals surface area contributed by atoms with Crippen LogP contribution in [0.15, 0.2) is 22.7 Å². The molecule has 1 amide bonds. The van der Waals surface area contributed by atoms with Crippen LogP contribution < -0.4 is 5.32 Å². The highest BCUT2D eigenvalue weighted by Crippen LogP contribution is 2.17. The SMILES string of the molecule is CCN(CCCNC(=O)c1ccc(F)cc1Br)S(C)(=O)=O. The number of sulfonamides is 1. The van der Waals surface area contributed by atoms with Gasteiger partial charge in [0.2, 0.25) is 10.0 Å². The number of carbonyl (C=O) groups is 1. The van der Waals surface area contributed by atoms with Crippen molar-refractivity contribution in [2.24, 2.45) is 0 Å². The monoisotopic (exact) mass is 380 g/mol. The summed E-state index contributed by atoms with van der Waals surface area (Å²) in [5.41, 5.74) is 0.340. The quantitative estimate of drug-likeness (QED) is 0.735. The highest BCUT2D eigenvalue weighted by Gasteiger charge is 2.14. The molecule has 0 spiro atoms. The maximum Gasteiger partial charge on any atom is 0.252 e. The van der Waals surface area contributed by atoms with E-state index in [0.717, 1.165) is 6.26 Å². The van der Waals surface area contributed by atoms with Crippen molar-refractivity contribution in [1.82, 2.24) is 9.62 Å². The average molecular weight is 381 g/mol. The molecule has 0 bridgehead atoms. The van der Waals surface area contributed by atoms with Gasteiger partial charge in [-0.2, -0.15) is 0 Å². The molecule has 1 aromatic carbocycles. The van der Waals surface area contributed by atoms with Crippen LogP contribution in [-0.4, -0.2) is 44.5 Å².